The maximum Gasteiger partial charge on any atom is 0.314 e. The van der Waals surface area contributed by atoms with Crippen LogP contribution in [0, 0.1) is 40.4 Å². The molecule has 0 radical (unpaired) electrons. The zero-order valence-electron chi connectivity index (χ0n) is 19.9. The number of thioether (sulfide) groups is 2. The Morgan fingerprint density at radius 1 is 0.829 bits per heavy atom. The van der Waals surface area contributed by atoms with Crippen LogP contribution in [0.25, 0.3) is 0 Å². The quantitative estimate of drug-likeness (QED) is 0.267. The van der Waals surface area contributed by atoms with Crippen molar-refractivity contribution in [1.82, 2.24) is 0 Å². The van der Waals surface area contributed by atoms with E-state index >= 15 is 0 Å². The van der Waals surface area contributed by atoms with Crippen LogP contribution in [-0.4, -0.2) is 25.2 Å². The Balaban J connectivity index is 1.56. The summed E-state index contributed by atoms with van der Waals surface area (Å²) in [6.07, 6.45) is 6.84. The minimum atomic E-state index is -0.299. The molecule has 2 fully saturated rings. The van der Waals surface area contributed by atoms with E-state index in [0.29, 0.717) is 44.3 Å². The van der Waals surface area contributed by atoms with Gasteiger partial charge in [-0.25, -0.2) is 0 Å². The SMILES string of the molecule is COC1CCC(C(=O)Oc2ccc(OC(=O)C3CCC(C)CC3)c3c2SC(=C(C#N)C#N)S3)CC1. The number of hydrogen-bond donors (Lipinski definition) is 0. The van der Waals surface area contributed by atoms with Crippen molar-refractivity contribution >= 4 is 35.5 Å². The number of ether oxygens (including phenoxy) is 3. The molecule has 4 rings (SSSR count). The molecule has 9 heteroatoms. The van der Waals surface area contributed by atoms with E-state index in [0.717, 1.165) is 38.5 Å². The van der Waals surface area contributed by atoms with Crippen molar-refractivity contribution in [1.29, 1.82) is 10.5 Å². The third-order valence-electron chi connectivity index (χ3n) is 6.97. The van der Waals surface area contributed by atoms with Gasteiger partial charge in [-0.1, -0.05) is 30.4 Å². The maximum absolute atomic E-state index is 12.9. The molecule has 3 aliphatic rings. The Labute approximate surface area is 214 Å². The summed E-state index contributed by atoms with van der Waals surface area (Å²) in [4.78, 5) is 27.0. The Morgan fingerprint density at radius 2 is 1.29 bits per heavy atom. The molecule has 0 bridgehead atoms. The van der Waals surface area contributed by atoms with Crippen molar-refractivity contribution in [2.75, 3.05) is 7.11 Å². The fraction of sp³-hybridized carbons (Fsp3) is 0.538. The van der Waals surface area contributed by atoms with Crippen LogP contribution in [0.5, 0.6) is 11.5 Å². The van der Waals surface area contributed by atoms with Crippen molar-refractivity contribution in [2.45, 2.75) is 74.2 Å². The number of methoxy groups -OCH3 is 1. The molecule has 0 amide bonds. The highest BCUT2D eigenvalue weighted by atomic mass is 32.2. The summed E-state index contributed by atoms with van der Waals surface area (Å²) in [7, 11) is 1.69. The normalized spacial score (nSPS) is 25.7. The Morgan fingerprint density at radius 3 is 1.71 bits per heavy atom. The smallest absolute Gasteiger partial charge is 0.314 e. The van der Waals surface area contributed by atoms with Gasteiger partial charge in [0, 0.05) is 7.11 Å². The van der Waals surface area contributed by atoms with Gasteiger partial charge in [0.2, 0.25) is 0 Å². The van der Waals surface area contributed by atoms with Crippen molar-refractivity contribution in [3.8, 4) is 23.6 Å². The molecule has 184 valence electrons. The molecule has 1 aromatic carbocycles. The zero-order valence-corrected chi connectivity index (χ0v) is 21.5. The average molecular weight is 513 g/mol. The summed E-state index contributed by atoms with van der Waals surface area (Å²) in [5.74, 6) is 0.446. The number of carbonyl (C=O) groups excluding carboxylic acids is 2. The number of rotatable bonds is 5. The van der Waals surface area contributed by atoms with Crippen LogP contribution in [0.1, 0.15) is 58.3 Å². The predicted molar refractivity (Wildman–Crippen MR) is 132 cm³/mol. The van der Waals surface area contributed by atoms with Gasteiger partial charge in [-0.05, 0) is 69.4 Å². The standard InChI is InChI=1S/C26H28N2O5S2/c1-15-3-5-16(6-4-15)24(29)32-20-11-12-21(23-22(20)34-26(35-23)18(13-27)14-28)33-25(30)17-7-9-19(31-2)10-8-17/h11-12,15-17,19H,3-10H2,1-2H3. The Kier molecular flexibility index (Phi) is 8.43. The van der Waals surface area contributed by atoms with E-state index in [9.17, 15) is 20.1 Å². The molecule has 0 aromatic heterocycles. The predicted octanol–water partition coefficient (Wildman–Crippen LogP) is 5.99. The summed E-state index contributed by atoms with van der Waals surface area (Å²) in [6.45, 7) is 2.20. The molecule has 7 nitrogen and oxygen atoms in total. The monoisotopic (exact) mass is 512 g/mol. The number of nitrogens with zero attached hydrogens (tertiary/aromatic N) is 2. The molecule has 0 spiro atoms. The molecule has 2 aliphatic carbocycles. The number of hydrogen-bond acceptors (Lipinski definition) is 9. The van der Waals surface area contributed by atoms with Crippen molar-refractivity contribution in [2.24, 2.45) is 17.8 Å². The van der Waals surface area contributed by atoms with Gasteiger partial charge in [0.25, 0.3) is 0 Å². The van der Waals surface area contributed by atoms with E-state index in [1.165, 1.54) is 23.5 Å². The van der Waals surface area contributed by atoms with Crippen LogP contribution in [0.4, 0.5) is 0 Å². The third-order valence-corrected chi connectivity index (χ3v) is 9.60. The first-order valence-corrected chi connectivity index (χ1v) is 13.6. The number of benzene rings is 1. The summed E-state index contributed by atoms with van der Waals surface area (Å²) in [5.41, 5.74) is -0.0232. The maximum atomic E-state index is 12.9. The van der Waals surface area contributed by atoms with Crippen LogP contribution >= 0.6 is 23.5 Å². The van der Waals surface area contributed by atoms with E-state index in [1.807, 2.05) is 12.1 Å². The minimum Gasteiger partial charge on any atom is -0.425 e. The largest absolute Gasteiger partial charge is 0.425 e. The van der Waals surface area contributed by atoms with Gasteiger partial charge in [-0.2, -0.15) is 10.5 Å². The molecule has 0 atom stereocenters. The molecule has 35 heavy (non-hydrogen) atoms. The highest BCUT2D eigenvalue weighted by Gasteiger charge is 2.34. The van der Waals surface area contributed by atoms with Gasteiger partial charge in [-0.15, -0.1) is 0 Å². The Bertz CT molecular complexity index is 1090. The zero-order chi connectivity index (χ0) is 24.9. The van der Waals surface area contributed by atoms with E-state index in [-0.39, 0.29) is 35.5 Å². The fourth-order valence-electron chi connectivity index (χ4n) is 4.72. The number of nitriles is 2. The molecule has 2 saturated carbocycles. The van der Waals surface area contributed by atoms with Gasteiger partial charge in [0.15, 0.2) is 0 Å². The fourth-order valence-corrected chi connectivity index (χ4v) is 7.20. The van der Waals surface area contributed by atoms with E-state index < -0.39 is 0 Å². The second kappa shape index (κ2) is 11.5. The lowest BCUT2D eigenvalue weighted by Crippen LogP contribution is -2.28. The lowest BCUT2D eigenvalue weighted by Gasteiger charge is -2.26. The van der Waals surface area contributed by atoms with Crippen LogP contribution in [0.2, 0.25) is 0 Å². The first kappa shape index (κ1) is 25.6. The van der Waals surface area contributed by atoms with Crippen molar-refractivity contribution in [3.05, 3.63) is 21.9 Å². The lowest BCUT2D eigenvalue weighted by atomic mass is 9.83. The van der Waals surface area contributed by atoms with E-state index in [4.69, 9.17) is 14.2 Å². The van der Waals surface area contributed by atoms with Gasteiger partial charge >= 0.3 is 11.9 Å². The van der Waals surface area contributed by atoms with Crippen molar-refractivity contribution in [3.63, 3.8) is 0 Å². The van der Waals surface area contributed by atoms with Crippen LogP contribution in [0.15, 0.2) is 31.7 Å². The first-order valence-electron chi connectivity index (χ1n) is 12.0. The highest BCUT2D eigenvalue weighted by Crippen LogP contribution is 2.59. The van der Waals surface area contributed by atoms with E-state index in [2.05, 4.69) is 6.92 Å². The summed E-state index contributed by atoms with van der Waals surface area (Å²) < 4.78 is 17.5. The molecule has 0 saturated heterocycles. The first-order chi connectivity index (χ1) is 16.9. The van der Waals surface area contributed by atoms with Gasteiger partial charge in [0.05, 0.1) is 32.0 Å². The summed E-state index contributed by atoms with van der Waals surface area (Å²) in [6, 6.07) is 7.11. The number of fused-ring (bicyclic) bond motifs is 1. The lowest BCUT2D eigenvalue weighted by molar-refractivity contribution is -0.142. The molecular formula is C26H28N2O5S2. The average Bonchev–Trinajstić information content (AvgIpc) is 3.32. The number of allylic oxidation sites excluding steroid dienone is 1. The molecular weight excluding hydrogens is 484 g/mol. The summed E-state index contributed by atoms with van der Waals surface area (Å²) >= 11 is 2.40. The molecule has 1 heterocycles. The van der Waals surface area contributed by atoms with Crippen LogP contribution in [-0.2, 0) is 14.3 Å². The third kappa shape index (κ3) is 5.86. The highest BCUT2D eigenvalue weighted by molar-refractivity contribution is 8.24. The van der Waals surface area contributed by atoms with Gasteiger partial charge in [0.1, 0.15) is 29.2 Å². The topological polar surface area (TPSA) is 109 Å². The van der Waals surface area contributed by atoms with Crippen LogP contribution < -0.4 is 9.47 Å². The number of carbonyl (C=O) groups is 2. The molecule has 1 aromatic rings. The van der Waals surface area contributed by atoms with Gasteiger partial charge < -0.3 is 14.2 Å². The molecule has 1 aliphatic heterocycles. The van der Waals surface area contributed by atoms with Crippen molar-refractivity contribution < 1.29 is 23.8 Å². The molecule has 0 N–H and O–H groups in total. The molecule has 0 unspecified atom stereocenters. The van der Waals surface area contributed by atoms with Gasteiger partial charge in [-0.3, -0.25) is 9.59 Å². The van der Waals surface area contributed by atoms with E-state index in [1.54, 1.807) is 19.2 Å². The minimum absolute atomic E-state index is 0.0232. The summed E-state index contributed by atoms with van der Waals surface area (Å²) in [5, 5.41) is 18.7. The Hall–Kier alpha value is -2.46. The second-order valence-corrected chi connectivity index (χ2v) is 11.6. The second-order valence-electron chi connectivity index (χ2n) is 9.32. The number of esters is 2. The van der Waals surface area contributed by atoms with Crippen LogP contribution in [0.3, 0.4) is 0 Å².